The molecule has 4 rings (SSSR count). The molecule has 0 saturated carbocycles. The van der Waals surface area contributed by atoms with E-state index in [2.05, 4.69) is 29.5 Å². The molecule has 0 radical (unpaired) electrons. The summed E-state index contributed by atoms with van der Waals surface area (Å²) in [5, 5.41) is 7.40. The number of nitrogens with zero attached hydrogens (tertiary/aromatic N) is 3. The zero-order valence-electron chi connectivity index (χ0n) is 21.6. The van der Waals surface area contributed by atoms with Crippen molar-refractivity contribution in [2.45, 2.75) is 78.6 Å². The molecule has 0 fully saturated rings. The monoisotopic (exact) mass is 529 g/mol. The first kappa shape index (κ1) is 26.5. The van der Waals surface area contributed by atoms with E-state index in [0.717, 1.165) is 43.4 Å². The van der Waals surface area contributed by atoms with Crippen molar-refractivity contribution in [3.63, 3.8) is 0 Å². The minimum absolute atomic E-state index is 0.0204. The second-order valence-electron chi connectivity index (χ2n) is 10.1. The Balaban J connectivity index is 1.56. The number of rotatable bonds is 8. The number of thiazole rings is 1. The number of carbonyl (C=O) groups excluding carboxylic acids is 2. The largest absolute Gasteiger partial charge is 0.444 e. The lowest BCUT2D eigenvalue weighted by atomic mass is 10.0. The first-order chi connectivity index (χ1) is 17.1. The molecule has 1 aliphatic rings. The van der Waals surface area contributed by atoms with E-state index in [1.54, 1.807) is 40.0 Å². The molecule has 2 amide bonds. The predicted molar refractivity (Wildman–Crippen MR) is 145 cm³/mol. The van der Waals surface area contributed by atoms with Crippen LogP contribution < -0.4 is 10.6 Å². The fraction of sp³-hybridized carbons (Fsp3) is 0.538. The quantitative estimate of drug-likeness (QED) is 0.421. The number of nitrogens with one attached hydrogen (secondary N) is 2. The highest BCUT2D eigenvalue weighted by Gasteiger charge is 2.31. The number of fused-ring (bicyclic) bond motifs is 2. The van der Waals surface area contributed by atoms with E-state index < -0.39 is 5.60 Å². The molecule has 10 heteroatoms. The highest BCUT2D eigenvalue weighted by atomic mass is 32.1. The van der Waals surface area contributed by atoms with Crippen molar-refractivity contribution >= 4 is 44.9 Å². The van der Waals surface area contributed by atoms with Crippen LogP contribution in [0.4, 0.5) is 4.79 Å². The maximum absolute atomic E-state index is 12.7. The van der Waals surface area contributed by atoms with Crippen LogP contribution in [0.2, 0.25) is 0 Å². The Morgan fingerprint density at radius 3 is 2.81 bits per heavy atom. The smallest absolute Gasteiger partial charge is 0.410 e. The van der Waals surface area contributed by atoms with Gasteiger partial charge in [0.25, 0.3) is 0 Å². The summed E-state index contributed by atoms with van der Waals surface area (Å²) in [6.45, 7) is 12.1. The average molecular weight is 530 g/mol. The van der Waals surface area contributed by atoms with E-state index >= 15 is 0 Å². The Kier molecular flexibility index (Phi) is 8.27. The van der Waals surface area contributed by atoms with Crippen LogP contribution in [-0.4, -0.2) is 51.6 Å². The average Bonchev–Trinajstić information content (AvgIpc) is 3.41. The zero-order valence-corrected chi connectivity index (χ0v) is 23.3. The summed E-state index contributed by atoms with van der Waals surface area (Å²) < 4.78 is 6.69. The Bertz CT molecular complexity index is 1200. The van der Waals surface area contributed by atoms with Crippen molar-refractivity contribution in [2.24, 2.45) is 0 Å². The van der Waals surface area contributed by atoms with Crippen LogP contribution in [0.5, 0.6) is 0 Å². The van der Waals surface area contributed by atoms with Crippen LogP contribution in [0.25, 0.3) is 20.8 Å². The number of ether oxygens (including phenoxy) is 1. The SMILES string of the molecule is CCC(C)NCCC(=O)NCc1sc2c(c1-c1nc3cnccc3s1)CCN(C(=O)OC(C)(C)C)C2. The van der Waals surface area contributed by atoms with Gasteiger partial charge in [0.15, 0.2) is 0 Å². The molecular formula is C26H35N5O3S2. The molecule has 2 N–H and O–H groups in total. The fourth-order valence-electron chi connectivity index (χ4n) is 4.05. The number of thiophene rings is 1. The molecule has 1 unspecified atom stereocenters. The second-order valence-corrected chi connectivity index (χ2v) is 12.3. The predicted octanol–water partition coefficient (Wildman–Crippen LogP) is 5.11. The summed E-state index contributed by atoms with van der Waals surface area (Å²) in [5.41, 5.74) is 2.65. The van der Waals surface area contributed by atoms with Gasteiger partial charge < -0.3 is 20.3 Å². The van der Waals surface area contributed by atoms with Gasteiger partial charge in [-0.25, -0.2) is 9.78 Å². The topological polar surface area (TPSA) is 96.5 Å². The molecule has 3 aromatic heterocycles. The summed E-state index contributed by atoms with van der Waals surface area (Å²) >= 11 is 3.29. The molecule has 0 bridgehead atoms. The third-order valence-electron chi connectivity index (χ3n) is 6.09. The molecule has 0 aliphatic carbocycles. The number of pyridine rings is 1. The van der Waals surface area contributed by atoms with Gasteiger partial charge in [0, 0.05) is 47.1 Å². The van der Waals surface area contributed by atoms with Gasteiger partial charge >= 0.3 is 6.09 Å². The molecule has 1 atom stereocenters. The summed E-state index contributed by atoms with van der Waals surface area (Å²) in [6, 6.07) is 2.38. The summed E-state index contributed by atoms with van der Waals surface area (Å²) in [6.07, 6.45) is 5.46. The van der Waals surface area contributed by atoms with Crippen molar-refractivity contribution in [3.05, 3.63) is 33.8 Å². The van der Waals surface area contributed by atoms with Crippen LogP contribution >= 0.6 is 22.7 Å². The number of hydrogen-bond donors (Lipinski definition) is 2. The highest BCUT2D eigenvalue weighted by Crippen LogP contribution is 2.42. The van der Waals surface area contributed by atoms with E-state index in [1.807, 2.05) is 26.8 Å². The number of carbonyl (C=O) groups is 2. The molecule has 36 heavy (non-hydrogen) atoms. The molecule has 194 valence electrons. The van der Waals surface area contributed by atoms with Gasteiger partial charge in [-0.05, 0) is 52.2 Å². The molecule has 0 spiro atoms. The maximum atomic E-state index is 12.7. The highest BCUT2D eigenvalue weighted by molar-refractivity contribution is 7.22. The molecule has 4 heterocycles. The van der Waals surface area contributed by atoms with Crippen molar-refractivity contribution in [3.8, 4) is 10.6 Å². The summed E-state index contributed by atoms with van der Waals surface area (Å²) in [4.78, 5) is 38.3. The lowest BCUT2D eigenvalue weighted by Gasteiger charge is -2.30. The third-order valence-corrected chi connectivity index (χ3v) is 8.36. The van der Waals surface area contributed by atoms with Gasteiger partial charge in [-0.15, -0.1) is 22.7 Å². The minimum Gasteiger partial charge on any atom is -0.444 e. The van der Waals surface area contributed by atoms with Gasteiger partial charge in [-0.3, -0.25) is 9.78 Å². The number of hydrogen-bond acceptors (Lipinski definition) is 8. The Morgan fingerprint density at radius 1 is 1.28 bits per heavy atom. The van der Waals surface area contributed by atoms with Gasteiger partial charge in [0.1, 0.15) is 16.1 Å². The van der Waals surface area contributed by atoms with Crippen LogP contribution in [-0.2, 0) is 29.0 Å². The molecule has 1 aliphatic heterocycles. The van der Waals surface area contributed by atoms with Gasteiger partial charge in [-0.2, -0.15) is 0 Å². The maximum Gasteiger partial charge on any atom is 0.410 e. The van der Waals surface area contributed by atoms with E-state index in [-0.39, 0.29) is 12.0 Å². The van der Waals surface area contributed by atoms with Gasteiger partial charge in [-0.1, -0.05) is 6.92 Å². The van der Waals surface area contributed by atoms with E-state index in [9.17, 15) is 9.59 Å². The van der Waals surface area contributed by atoms with Gasteiger partial charge in [0.05, 0.1) is 24.0 Å². The molecule has 3 aromatic rings. The normalized spacial score (nSPS) is 14.5. The van der Waals surface area contributed by atoms with Crippen molar-refractivity contribution < 1.29 is 14.3 Å². The van der Waals surface area contributed by atoms with Gasteiger partial charge in [0.2, 0.25) is 5.91 Å². The fourth-order valence-corrected chi connectivity index (χ4v) is 6.45. The number of amides is 2. The zero-order chi connectivity index (χ0) is 25.9. The Hall–Kier alpha value is -2.56. The van der Waals surface area contributed by atoms with Crippen molar-refractivity contribution in [1.82, 2.24) is 25.5 Å². The van der Waals surface area contributed by atoms with Crippen LogP contribution in [0, 0.1) is 0 Å². The lowest BCUT2D eigenvalue weighted by molar-refractivity contribution is -0.121. The Morgan fingerprint density at radius 2 is 2.08 bits per heavy atom. The molecule has 8 nitrogen and oxygen atoms in total. The molecule has 0 aromatic carbocycles. The van der Waals surface area contributed by atoms with Crippen molar-refractivity contribution in [1.29, 1.82) is 0 Å². The van der Waals surface area contributed by atoms with Crippen LogP contribution in [0.15, 0.2) is 18.5 Å². The Labute approximate surface area is 220 Å². The molecular weight excluding hydrogens is 494 g/mol. The van der Waals surface area contributed by atoms with Crippen molar-refractivity contribution in [2.75, 3.05) is 13.1 Å². The summed E-state index contributed by atoms with van der Waals surface area (Å²) in [7, 11) is 0. The number of aromatic nitrogens is 2. The van der Waals surface area contributed by atoms with E-state index in [0.29, 0.717) is 38.6 Å². The third kappa shape index (κ3) is 6.41. The first-order valence-electron chi connectivity index (χ1n) is 12.5. The molecule has 0 saturated heterocycles. The first-order valence-corrected chi connectivity index (χ1v) is 14.1. The van der Waals surface area contributed by atoms with E-state index in [1.165, 1.54) is 5.56 Å². The van der Waals surface area contributed by atoms with Crippen LogP contribution in [0.3, 0.4) is 0 Å². The van der Waals surface area contributed by atoms with E-state index in [4.69, 9.17) is 9.72 Å². The minimum atomic E-state index is -0.535. The standard InChI is InChI=1S/C26H35N5O3S2/c1-6-16(2)28-11-8-22(32)29-14-20-23(24-30-18-13-27-10-7-19(18)36-24)17-9-12-31(15-21(17)35-20)25(33)34-26(3,4)5/h7,10,13,16,28H,6,8-9,11-12,14-15H2,1-5H3,(H,29,32). The van der Waals surface area contributed by atoms with Crippen LogP contribution in [0.1, 0.15) is 62.8 Å². The summed E-state index contributed by atoms with van der Waals surface area (Å²) in [5.74, 6) is 0.0204. The lowest BCUT2D eigenvalue weighted by Crippen LogP contribution is -2.39. The second kappa shape index (κ2) is 11.2.